The molecular formula is C19H21NO2. The lowest BCUT2D eigenvalue weighted by molar-refractivity contribution is -0.115. The summed E-state index contributed by atoms with van der Waals surface area (Å²) in [4.78, 5) is 24.0. The van der Waals surface area contributed by atoms with Crippen molar-refractivity contribution >= 4 is 17.8 Å². The van der Waals surface area contributed by atoms with Gasteiger partial charge in [0.15, 0.2) is 5.78 Å². The average molecular weight is 295 g/mol. The van der Waals surface area contributed by atoms with Gasteiger partial charge in [-0.1, -0.05) is 44.2 Å². The number of hydrogen-bond donors (Lipinski definition) is 1. The van der Waals surface area contributed by atoms with Gasteiger partial charge in [-0.15, -0.1) is 0 Å². The fourth-order valence-electron chi connectivity index (χ4n) is 3.69. The second-order valence-corrected chi connectivity index (χ2v) is 6.79. The van der Waals surface area contributed by atoms with E-state index in [1.807, 2.05) is 30.3 Å². The molecule has 2 aliphatic rings. The van der Waals surface area contributed by atoms with E-state index in [1.54, 1.807) is 13.0 Å². The van der Waals surface area contributed by atoms with E-state index in [9.17, 15) is 9.59 Å². The summed E-state index contributed by atoms with van der Waals surface area (Å²) in [6.07, 6.45) is 4.11. The van der Waals surface area contributed by atoms with Crippen molar-refractivity contribution < 1.29 is 9.59 Å². The van der Waals surface area contributed by atoms with Crippen molar-refractivity contribution in [3.63, 3.8) is 0 Å². The van der Waals surface area contributed by atoms with Crippen LogP contribution in [0.2, 0.25) is 0 Å². The minimum atomic E-state index is -0.170. The Morgan fingerprint density at radius 1 is 1.23 bits per heavy atom. The van der Waals surface area contributed by atoms with Crippen LogP contribution in [-0.2, 0) is 9.59 Å². The summed E-state index contributed by atoms with van der Waals surface area (Å²) in [5, 5.41) is 2.91. The third-order valence-electron chi connectivity index (χ3n) is 4.99. The Kier molecular flexibility index (Phi) is 3.51. The highest BCUT2D eigenvalue weighted by Crippen LogP contribution is 2.68. The molecular weight excluding hydrogens is 274 g/mol. The Morgan fingerprint density at radius 2 is 1.91 bits per heavy atom. The van der Waals surface area contributed by atoms with E-state index in [-0.39, 0.29) is 17.1 Å². The Bertz CT molecular complexity index is 683. The molecule has 1 N–H and O–H groups in total. The summed E-state index contributed by atoms with van der Waals surface area (Å²) in [6.45, 7) is 5.98. The highest BCUT2D eigenvalue weighted by atomic mass is 16.1. The maximum atomic E-state index is 12.1. The van der Waals surface area contributed by atoms with Crippen LogP contribution in [0.15, 0.2) is 47.7 Å². The van der Waals surface area contributed by atoms with Crippen LogP contribution in [0.1, 0.15) is 32.8 Å². The lowest BCUT2D eigenvalue weighted by atomic mass is 9.96. The summed E-state index contributed by atoms with van der Waals surface area (Å²) >= 11 is 0. The van der Waals surface area contributed by atoms with Crippen LogP contribution in [0.4, 0.5) is 0 Å². The number of carbonyl (C=O) groups excluding carboxylic acids is 2. The summed E-state index contributed by atoms with van der Waals surface area (Å²) in [7, 11) is 0. The van der Waals surface area contributed by atoms with Crippen molar-refractivity contribution in [1.29, 1.82) is 0 Å². The van der Waals surface area contributed by atoms with E-state index in [0.29, 0.717) is 11.8 Å². The first-order valence-electron chi connectivity index (χ1n) is 7.69. The van der Waals surface area contributed by atoms with Crippen molar-refractivity contribution in [1.82, 2.24) is 5.32 Å². The smallest absolute Gasteiger partial charge is 0.248 e. The molecule has 22 heavy (non-hydrogen) atoms. The molecule has 0 radical (unpaired) electrons. The largest absolute Gasteiger partial charge is 0.326 e. The standard InChI is InChI=1S/C19H21NO2/c1-12(21)17-15(11-14-18(17)19(14,2)3)20-16(22)10-9-13-7-5-4-6-8-13/h4-10,14,18H,11H2,1-3H3,(H,20,22)/b10-9+. The SMILES string of the molecule is CC(=O)C1=C(NC(=O)/C=C/c2ccccc2)CC2C1C2(C)C. The lowest BCUT2D eigenvalue weighted by Crippen LogP contribution is -2.24. The fraction of sp³-hybridized carbons (Fsp3) is 0.368. The van der Waals surface area contributed by atoms with Gasteiger partial charge in [0.2, 0.25) is 5.91 Å². The molecule has 0 aliphatic heterocycles. The summed E-state index contributed by atoms with van der Waals surface area (Å²) < 4.78 is 0. The van der Waals surface area contributed by atoms with Crippen LogP contribution in [0.5, 0.6) is 0 Å². The Morgan fingerprint density at radius 3 is 2.55 bits per heavy atom. The molecule has 3 rings (SSSR count). The molecule has 3 heteroatoms. The van der Waals surface area contributed by atoms with Crippen LogP contribution in [0.25, 0.3) is 6.08 Å². The summed E-state index contributed by atoms with van der Waals surface area (Å²) in [5.41, 5.74) is 2.84. The zero-order chi connectivity index (χ0) is 15.9. The predicted molar refractivity (Wildman–Crippen MR) is 86.7 cm³/mol. The van der Waals surface area contributed by atoms with Crippen LogP contribution in [0, 0.1) is 17.3 Å². The number of Topliss-reactive ketones (excluding diaryl/α,β-unsaturated/α-hetero) is 1. The first kappa shape index (κ1) is 14.8. The maximum absolute atomic E-state index is 12.1. The zero-order valence-electron chi connectivity index (χ0n) is 13.2. The molecule has 114 valence electrons. The van der Waals surface area contributed by atoms with E-state index in [4.69, 9.17) is 0 Å². The molecule has 1 amide bonds. The molecule has 1 aromatic carbocycles. The Labute approximate surface area is 131 Å². The zero-order valence-corrected chi connectivity index (χ0v) is 13.2. The Hall–Kier alpha value is -2.16. The molecule has 3 nitrogen and oxygen atoms in total. The number of ketones is 1. The molecule has 0 spiro atoms. The molecule has 0 heterocycles. The minimum Gasteiger partial charge on any atom is -0.326 e. The molecule has 0 bridgehead atoms. The van der Waals surface area contributed by atoms with E-state index in [2.05, 4.69) is 19.2 Å². The van der Waals surface area contributed by atoms with Crippen LogP contribution < -0.4 is 5.32 Å². The molecule has 0 saturated heterocycles. The average Bonchev–Trinajstić information content (AvgIpc) is 2.85. The number of rotatable bonds is 4. The van der Waals surface area contributed by atoms with Gasteiger partial charge in [0.25, 0.3) is 0 Å². The van der Waals surface area contributed by atoms with Gasteiger partial charge in [-0.3, -0.25) is 9.59 Å². The van der Waals surface area contributed by atoms with Crippen molar-refractivity contribution in [2.75, 3.05) is 0 Å². The first-order chi connectivity index (χ1) is 10.4. The van der Waals surface area contributed by atoms with E-state index >= 15 is 0 Å². The second kappa shape index (κ2) is 5.24. The molecule has 2 unspecified atom stereocenters. The number of allylic oxidation sites excluding steroid dienone is 2. The molecule has 1 aromatic rings. The number of nitrogens with one attached hydrogen (secondary N) is 1. The normalized spacial score (nSPS) is 25.2. The van der Waals surface area contributed by atoms with Crippen LogP contribution >= 0.6 is 0 Å². The van der Waals surface area contributed by atoms with Gasteiger partial charge in [0.1, 0.15) is 0 Å². The third-order valence-corrected chi connectivity index (χ3v) is 4.99. The number of hydrogen-bond acceptors (Lipinski definition) is 2. The third kappa shape index (κ3) is 2.52. The van der Waals surface area contributed by atoms with Gasteiger partial charge in [0.05, 0.1) is 0 Å². The van der Waals surface area contributed by atoms with Gasteiger partial charge < -0.3 is 5.32 Å². The van der Waals surface area contributed by atoms with Crippen LogP contribution in [-0.4, -0.2) is 11.7 Å². The van der Waals surface area contributed by atoms with E-state index < -0.39 is 0 Å². The molecule has 2 atom stereocenters. The highest BCUT2D eigenvalue weighted by molar-refractivity contribution is 5.99. The molecule has 0 aromatic heterocycles. The number of benzene rings is 1. The molecule has 1 fully saturated rings. The second-order valence-electron chi connectivity index (χ2n) is 6.79. The molecule has 1 saturated carbocycles. The van der Waals surface area contributed by atoms with E-state index in [0.717, 1.165) is 23.3 Å². The quantitative estimate of drug-likeness (QED) is 0.866. The fourth-order valence-corrected chi connectivity index (χ4v) is 3.69. The summed E-state index contributed by atoms with van der Waals surface area (Å²) in [6, 6.07) is 9.68. The van der Waals surface area contributed by atoms with Crippen molar-refractivity contribution in [3.05, 3.63) is 53.2 Å². The number of amides is 1. The van der Waals surface area contributed by atoms with Crippen molar-refractivity contribution in [3.8, 4) is 0 Å². The van der Waals surface area contributed by atoms with E-state index in [1.165, 1.54) is 6.08 Å². The van der Waals surface area contributed by atoms with Crippen molar-refractivity contribution in [2.45, 2.75) is 27.2 Å². The van der Waals surface area contributed by atoms with Gasteiger partial charge in [-0.2, -0.15) is 0 Å². The monoisotopic (exact) mass is 295 g/mol. The minimum absolute atomic E-state index is 0.0837. The number of carbonyl (C=O) groups is 2. The topological polar surface area (TPSA) is 46.2 Å². The van der Waals surface area contributed by atoms with Gasteiger partial charge in [-0.05, 0) is 42.2 Å². The predicted octanol–water partition coefficient (Wildman–Crippen LogP) is 3.34. The van der Waals surface area contributed by atoms with Gasteiger partial charge >= 0.3 is 0 Å². The highest BCUT2D eigenvalue weighted by Gasteiger charge is 2.63. The Balaban J connectivity index is 1.71. The van der Waals surface area contributed by atoms with Gasteiger partial charge in [0, 0.05) is 17.3 Å². The van der Waals surface area contributed by atoms with Crippen molar-refractivity contribution in [2.24, 2.45) is 17.3 Å². The van der Waals surface area contributed by atoms with Gasteiger partial charge in [-0.25, -0.2) is 0 Å². The maximum Gasteiger partial charge on any atom is 0.248 e. The lowest BCUT2D eigenvalue weighted by Gasteiger charge is -2.14. The van der Waals surface area contributed by atoms with Crippen LogP contribution in [0.3, 0.4) is 0 Å². The summed E-state index contributed by atoms with van der Waals surface area (Å²) in [5.74, 6) is 0.732. The number of fused-ring (bicyclic) bond motifs is 1. The first-order valence-corrected chi connectivity index (χ1v) is 7.69. The molecule has 2 aliphatic carbocycles.